The summed E-state index contributed by atoms with van der Waals surface area (Å²) >= 11 is 0. The lowest BCUT2D eigenvalue weighted by atomic mass is 9.73. The highest BCUT2D eigenvalue weighted by atomic mass is 19.4. The number of ether oxygens (including phenoxy) is 1. The molecule has 188 valence electrons. The maximum absolute atomic E-state index is 14.3. The first-order valence-corrected chi connectivity index (χ1v) is 12.2. The highest BCUT2D eigenvalue weighted by Crippen LogP contribution is 2.56. The fourth-order valence-corrected chi connectivity index (χ4v) is 6.37. The summed E-state index contributed by atoms with van der Waals surface area (Å²) in [5.74, 6) is 0.141. The first-order chi connectivity index (χ1) is 16.4. The summed E-state index contributed by atoms with van der Waals surface area (Å²) in [4.78, 5) is 15.6. The van der Waals surface area contributed by atoms with E-state index in [1.807, 2.05) is 26.8 Å². The van der Waals surface area contributed by atoms with Gasteiger partial charge in [-0.05, 0) is 71.2 Å². The highest BCUT2D eigenvalue weighted by molar-refractivity contribution is 5.84. The molecule has 3 heterocycles. The molecule has 0 unspecified atom stereocenters. The van der Waals surface area contributed by atoms with Crippen molar-refractivity contribution < 1.29 is 27.8 Å². The van der Waals surface area contributed by atoms with Crippen molar-refractivity contribution in [2.24, 2.45) is 0 Å². The molecule has 2 aromatic rings. The van der Waals surface area contributed by atoms with E-state index in [0.29, 0.717) is 18.7 Å². The minimum atomic E-state index is -4.55. The third-order valence-corrected chi connectivity index (χ3v) is 7.59. The minimum absolute atomic E-state index is 0.0555. The molecular weight excluding hydrogens is 457 g/mol. The van der Waals surface area contributed by atoms with Gasteiger partial charge in [-0.15, -0.1) is 0 Å². The Labute approximate surface area is 203 Å². The van der Waals surface area contributed by atoms with E-state index in [2.05, 4.69) is 4.90 Å². The quantitative estimate of drug-likeness (QED) is 0.553. The first-order valence-electron chi connectivity index (χ1n) is 12.2. The number of anilines is 1. The third kappa shape index (κ3) is 3.81. The topological polar surface area (TPSA) is 53.0 Å². The van der Waals surface area contributed by atoms with Crippen molar-refractivity contribution >= 4 is 11.8 Å². The Hall–Kier alpha value is -2.90. The van der Waals surface area contributed by atoms with E-state index in [1.165, 1.54) is 11.0 Å². The van der Waals surface area contributed by atoms with Crippen LogP contribution in [0.15, 0.2) is 24.3 Å². The van der Waals surface area contributed by atoms with Gasteiger partial charge in [0, 0.05) is 37.3 Å². The molecule has 1 saturated heterocycles. The Balaban J connectivity index is 1.77. The third-order valence-electron chi connectivity index (χ3n) is 7.59. The van der Waals surface area contributed by atoms with Gasteiger partial charge in [0.25, 0.3) is 0 Å². The molecule has 3 aliphatic heterocycles. The summed E-state index contributed by atoms with van der Waals surface area (Å²) in [5.41, 5.74) is 3.70. The van der Waals surface area contributed by atoms with Crippen molar-refractivity contribution in [2.45, 2.75) is 64.1 Å². The predicted molar refractivity (Wildman–Crippen MR) is 129 cm³/mol. The number of piperidine rings is 1. The largest absolute Gasteiger partial charge is 0.494 e. The zero-order valence-corrected chi connectivity index (χ0v) is 20.5. The zero-order valence-electron chi connectivity index (χ0n) is 20.5. The van der Waals surface area contributed by atoms with E-state index in [1.54, 1.807) is 13.0 Å². The average Bonchev–Trinajstić information content (AvgIpc) is 3.33. The predicted octanol–water partition coefficient (Wildman–Crippen LogP) is 6.28. The Morgan fingerprint density at radius 3 is 2.51 bits per heavy atom. The van der Waals surface area contributed by atoms with Gasteiger partial charge in [0.05, 0.1) is 12.2 Å². The molecule has 0 aliphatic carbocycles. The molecule has 2 aromatic carbocycles. The Morgan fingerprint density at radius 1 is 1.14 bits per heavy atom. The van der Waals surface area contributed by atoms with Gasteiger partial charge < -0.3 is 19.6 Å². The Morgan fingerprint density at radius 2 is 1.89 bits per heavy atom. The summed E-state index contributed by atoms with van der Waals surface area (Å²) in [7, 11) is 0. The number of halogens is 3. The van der Waals surface area contributed by atoms with Gasteiger partial charge in [-0.2, -0.15) is 13.2 Å². The number of likely N-dealkylation sites (tertiary alicyclic amines) is 1. The number of carbonyl (C=O) groups is 1. The number of fused-ring (bicyclic) bond motifs is 3. The van der Waals surface area contributed by atoms with Crippen LogP contribution in [0.3, 0.4) is 0 Å². The van der Waals surface area contributed by atoms with Crippen molar-refractivity contribution in [1.82, 2.24) is 4.90 Å². The van der Waals surface area contributed by atoms with Gasteiger partial charge in [-0.1, -0.05) is 26.8 Å². The second-order valence-corrected chi connectivity index (χ2v) is 10.7. The van der Waals surface area contributed by atoms with Crippen LogP contribution in [0.25, 0.3) is 11.1 Å². The standard InChI is InChI=1S/C27H31F3N2O3/c1-5-35-16-6-7-17(20(13-16)27(28,29)30)18-12-15-8-11-32-21-9-10-31(25(33)34)14-19(21)22(24(15)32)23(18)26(2,3)4/h6-7,12-13,19,21H,5,8-11,14H2,1-4H3,(H,33,34)/t19-,21+/m1/s1. The molecule has 2 atom stereocenters. The molecule has 1 fully saturated rings. The average molecular weight is 489 g/mol. The molecule has 5 nitrogen and oxygen atoms in total. The van der Waals surface area contributed by atoms with Gasteiger partial charge in [0.15, 0.2) is 0 Å². The van der Waals surface area contributed by atoms with Gasteiger partial charge in [-0.3, -0.25) is 0 Å². The fraction of sp³-hybridized carbons (Fsp3) is 0.519. The molecule has 0 radical (unpaired) electrons. The Bertz CT molecular complexity index is 1190. The van der Waals surface area contributed by atoms with E-state index < -0.39 is 23.2 Å². The van der Waals surface area contributed by atoms with Crippen LogP contribution < -0.4 is 9.64 Å². The number of hydrogen-bond acceptors (Lipinski definition) is 3. The number of alkyl halides is 3. The van der Waals surface area contributed by atoms with Gasteiger partial charge in [0.1, 0.15) is 5.75 Å². The van der Waals surface area contributed by atoms with Gasteiger partial charge in [0.2, 0.25) is 0 Å². The molecule has 0 spiro atoms. The number of amides is 1. The summed E-state index contributed by atoms with van der Waals surface area (Å²) in [6.45, 7) is 9.78. The van der Waals surface area contributed by atoms with Crippen LogP contribution in [0.2, 0.25) is 0 Å². The van der Waals surface area contributed by atoms with Gasteiger partial charge in [-0.25, -0.2) is 4.79 Å². The van der Waals surface area contributed by atoms with Crippen molar-refractivity contribution in [2.75, 3.05) is 31.1 Å². The SMILES string of the molecule is CCOc1ccc(-c2cc3c4c(c2C(C)(C)C)[C@@H]2CN(C(=O)O)CC[C@@H]2N4CC3)c(C(F)(F)F)c1. The zero-order chi connectivity index (χ0) is 25.3. The lowest BCUT2D eigenvalue weighted by Gasteiger charge is -2.38. The lowest BCUT2D eigenvalue weighted by molar-refractivity contribution is -0.137. The highest BCUT2D eigenvalue weighted by Gasteiger charge is 2.49. The van der Waals surface area contributed by atoms with Crippen molar-refractivity contribution in [3.8, 4) is 16.9 Å². The number of benzene rings is 2. The van der Waals surface area contributed by atoms with Crippen LogP contribution in [0.4, 0.5) is 23.7 Å². The number of rotatable bonds is 3. The second kappa shape index (κ2) is 8.07. The number of nitrogens with zero attached hydrogens (tertiary/aromatic N) is 2. The van der Waals surface area contributed by atoms with E-state index in [0.717, 1.165) is 47.8 Å². The van der Waals surface area contributed by atoms with Crippen molar-refractivity contribution in [1.29, 1.82) is 0 Å². The maximum Gasteiger partial charge on any atom is 0.417 e. The normalized spacial score (nSPS) is 21.2. The molecule has 0 aromatic heterocycles. The van der Waals surface area contributed by atoms with Crippen LogP contribution in [0.5, 0.6) is 5.75 Å². The maximum atomic E-state index is 14.3. The number of hydrogen-bond donors (Lipinski definition) is 1. The molecule has 1 amide bonds. The summed E-state index contributed by atoms with van der Waals surface area (Å²) < 4.78 is 48.4. The van der Waals surface area contributed by atoms with E-state index in [4.69, 9.17) is 4.74 Å². The molecule has 3 aliphatic rings. The van der Waals surface area contributed by atoms with Crippen LogP contribution in [-0.4, -0.2) is 48.4 Å². The summed E-state index contributed by atoms with van der Waals surface area (Å²) in [6.07, 6.45) is -3.98. The molecule has 1 N–H and O–H groups in total. The van der Waals surface area contributed by atoms with Crippen LogP contribution in [0, 0.1) is 0 Å². The number of carboxylic acid groups (broad SMARTS) is 1. The minimum Gasteiger partial charge on any atom is -0.494 e. The molecule has 5 rings (SSSR count). The Kier molecular flexibility index (Phi) is 5.49. The van der Waals surface area contributed by atoms with Crippen molar-refractivity contribution in [3.63, 3.8) is 0 Å². The van der Waals surface area contributed by atoms with Crippen LogP contribution in [0.1, 0.15) is 62.3 Å². The molecule has 0 bridgehead atoms. The molecule has 8 heteroatoms. The van der Waals surface area contributed by atoms with E-state index in [9.17, 15) is 23.1 Å². The smallest absolute Gasteiger partial charge is 0.417 e. The molecular formula is C27H31F3N2O3. The van der Waals surface area contributed by atoms with Gasteiger partial charge >= 0.3 is 12.3 Å². The fourth-order valence-electron chi connectivity index (χ4n) is 6.37. The summed E-state index contributed by atoms with van der Waals surface area (Å²) in [6, 6.07) is 6.37. The lowest BCUT2D eigenvalue weighted by Crippen LogP contribution is -2.47. The van der Waals surface area contributed by atoms with Crippen molar-refractivity contribution in [3.05, 3.63) is 46.5 Å². The van der Waals surface area contributed by atoms with Crippen LogP contribution >= 0.6 is 0 Å². The monoisotopic (exact) mass is 488 g/mol. The van der Waals surface area contributed by atoms with Crippen LogP contribution in [-0.2, 0) is 18.0 Å². The second-order valence-electron chi connectivity index (χ2n) is 10.7. The van der Waals surface area contributed by atoms with E-state index >= 15 is 0 Å². The summed E-state index contributed by atoms with van der Waals surface area (Å²) in [5, 5.41) is 9.67. The first kappa shape index (κ1) is 23.8. The molecule has 0 saturated carbocycles. The molecule has 35 heavy (non-hydrogen) atoms. The van der Waals surface area contributed by atoms with E-state index in [-0.39, 0.29) is 29.9 Å².